The Morgan fingerprint density at radius 1 is 0.211 bits per heavy atom. The van der Waals surface area contributed by atoms with E-state index in [1.54, 1.807) is 24.3 Å². The number of halogens is 4. The molecule has 0 spiro atoms. The van der Waals surface area contributed by atoms with Crippen LogP contribution in [0.25, 0.3) is 78.6 Å². The molecular formula is C114H76F4N4O. The van der Waals surface area contributed by atoms with Crippen molar-refractivity contribution in [3.05, 3.63) is 517 Å². The lowest BCUT2D eigenvalue weighted by atomic mass is 9.67. The maximum atomic E-state index is 14.9. The molecule has 0 aliphatic heterocycles. The lowest BCUT2D eigenvalue weighted by molar-refractivity contribution is 0.627. The van der Waals surface area contributed by atoms with Gasteiger partial charge in [-0.25, -0.2) is 17.6 Å². The summed E-state index contributed by atoms with van der Waals surface area (Å²) in [7, 11) is 0. The maximum Gasteiger partial charge on any atom is 0.137 e. The van der Waals surface area contributed by atoms with Gasteiger partial charge in [-0.05, 0) is 294 Å². The van der Waals surface area contributed by atoms with Gasteiger partial charge in [-0.15, -0.1) is 0 Å². The molecule has 0 bridgehead atoms. The minimum atomic E-state index is -0.661. The number of anilines is 12. The molecule has 0 fully saturated rings. The van der Waals surface area contributed by atoms with E-state index in [9.17, 15) is 17.6 Å². The van der Waals surface area contributed by atoms with Crippen LogP contribution in [0.15, 0.2) is 442 Å². The zero-order chi connectivity index (χ0) is 82.9. The normalized spacial score (nSPS) is 14.1. The molecule has 9 heteroatoms. The van der Waals surface area contributed by atoms with Gasteiger partial charge < -0.3 is 24.0 Å². The van der Waals surface area contributed by atoms with Crippen molar-refractivity contribution < 1.29 is 22.0 Å². The highest BCUT2D eigenvalue weighted by Crippen LogP contribution is 2.60. The van der Waals surface area contributed by atoms with Gasteiger partial charge in [-0.3, -0.25) is 0 Å². The summed E-state index contributed by atoms with van der Waals surface area (Å²) < 4.78 is 66.6. The number of furan rings is 1. The summed E-state index contributed by atoms with van der Waals surface area (Å²) in [6.45, 7) is 8.12. The molecule has 586 valence electrons. The van der Waals surface area contributed by atoms with Crippen LogP contribution in [-0.2, 0) is 10.8 Å². The molecule has 0 N–H and O–H groups in total. The van der Waals surface area contributed by atoms with Gasteiger partial charge in [0.2, 0.25) is 0 Å². The van der Waals surface area contributed by atoms with Gasteiger partial charge in [0.05, 0.1) is 10.8 Å². The zero-order valence-electron chi connectivity index (χ0n) is 66.7. The average molecular weight is 1590 g/mol. The highest BCUT2D eigenvalue weighted by molar-refractivity contribution is 6.08. The Balaban J connectivity index is 0.578. The summed E-state index contributed by atoms with van der Waals surface area (Å²) in [5.74, 6) is -1.34. The number of benzene rings is 18. The van der Waals surface area contributed by atoms with Gasteiger partial charge in [0, 0.05) is 91.2 Å². The number of rotatable bonds is 20. The van der Waals surface area contributed by atoms with Crippen LogP contribution in [0.3, 0.4) is 0 Å². The van der Waals surface area contributed by atoms with E-state index in [2.05, 4.69) is 348 Å². The highest BCUT2D eigenvalue weighted by atomic mass is 19.1. The Kier molecular flexibility index (Phi) is 18.7. The molecule has 0 saturated heterocycles. The first kappa shape index (κ1) is 74.7. The second-order valence-corrected chi connectivity index (χ2v) is 31.3. The van der Waals surface area contributed by atoms with Crippen LogP contribution in [-0.4, -0.2) is 0 Å². The van der Waals surface area contributed by atoms with Crippen molar-refractivity contribution in [3.63, 3.8) is 0 Å². The third kappa shape index (κ3) is 13.0. The monoisotopic (exact) mass is 1590 g/mol. The smallest absolute Gasteiger partial charge is 0.137 e. The summed E-state index contributed by atoms with van der Waals surface area (Å²) in [5.41, 5.74) is 29.9. The lowest BCUT2D eigenvalue weighted by Crippen LogP contribution is -2.28. The maximum absolute atomic E-state index is 14.9. The molecule has 5 nitrogen and oxygen atoms in total. The van der Waals surface area contributed by atoms with E-state index < -0.39 is 10.8 Å². The Bertz CT molecular complexity index is 6770. The molecule has 2 atom stereocenters. The first-order chi connectivity index (χ1) is 60.5. The van der Waals surface area contributed by atoms with E-state index >= 15 is 0 Å². The van der Waals surface area contributed by atoms with Crippen molar-refractivity contribution in [2.45, 2.75) is 10.8 Å². The Morgan fingerprint density at radius 2 is 0.447 bits per heavy atom. The first-order valence-corrected chi connectivity index (χ1v) is 41.1. The van der Waals surface area contributed by atoms with Crippen LogP contribution >= 0.6 is 0 Å². The average Bonchev–Trinajstić information content (AvgIpc) is 1.54. The molecular weight excluding hydrogens is 1520 g/mol. The second kappa shape index (κ2) is 30.8. The van der Waals surface area contributed by atoms with Gasteiger partial charge in [-0.1, -0.05) is 244 Å². The zero-order valence-corrected chi connectivity index (χ0v) is 66.7. The minimum absolute atomic E-state index is 0.321. The quantitative estimate of drug-likeness (QED) is 0.0709. The van der Waals surface area contributed by atoms with E-state index in [0.29, 0.717) is 11.2 Å². The fourth-order valence-electron chi connectivity index (χ4n) is 18.9. The molecule has 1 heterocycles. The number of hydrogen-bond acceptors (Lipinski definition) is 5. The highest BCUT2D eigenvalue weighted by Gasteiger charge is 2.48. The molecule has 2 aliphatic carbocycles. The second-order valence-electron chi connectivity index (χ2n) is 31.3. The fraction of sp³-hybridized carbons (Fsp3) is 0.0175. The SMILES string of the molecule is C=Cc1ccc(C2(c3ccccc3)c3ccccc3-c3ccc(N(c4ccc(F)cc4)c4ccc(-c5ccc(N(c6ccc(F)cc6)c6ccc7c(c6)oc6cc(N(c8ccc(F)cc8)c8ccc(-c9ccc(N(c%10ccc(F)cc%10)c%10ccc%11c(c%10)C(c%10ccccc%10)(c%10ccc(C=C)cc%10)c%10ccccc%10-%11)cc9)cc8)ccc67)cc5)cc4)cc32)cc1. The third-order valence-corrected chi connectivity index (χ3v) is 24.6. The van der Waals surface area contributed by atoms with E-state index in [4.69, 9.17) is 4.42 Å². The predicted molar refractivity (Wildman–Crippen MR) is 498 cm³/mol. The van der Waals surface area contributed by atoms with Crippen molar-refractivity contribution in [3.8, 4) is 44.5 Å². The summed E-state index contributed by atoms with van der Waals surface area (Å²) >= 11 is 0. The first-order valence-electron chi connectivity index (χ1n) is 41.1. The van der Waals surface area contributed by atoms with Crippen LogP contribution in [0.5, 0.6) is 0 Å². The molecule has 2 unspecified atom stereocenters. The van der Waals surface area contributed by atoms with Crippen LogP contribution in [0.4, 0.5) is 85.8 Å². The number of hydrogen-bond donors (Lipinski definition) is 0. The van der Waals surface area contributed by atoms with Crippen molar-refractivity contribution in [2.24, 2.45) is 0 Å². The largest absolute Gasteiger partial charge is 0.456 e. The van der Waals surface area contributed by atoms with Gasteiger partial charge in [0.25, 0.3) is 0 Å². The van der Waals surface area contributed by atoms with E-state index in [1.807, 2.05) is 48.6 Å². The lowest BCUT2D eigenvalue weighted by Gasteiger charge is -2.35. The van der Waals surface area contributed by atoms with E-state index in [0.717, 1.165) is 157 Å². The molecule has 1 aromatic heterocycles. The third-order valence-electron chi connectivity index (χ3n) is 24.6. The van der Waals surface area contributed by atoms with E-state index in [1.165, 1.54) is 70.8 Å². The van der Waals surface area contributed by atoms with Crippen molar-refractivity contribution in [2.75, 3.05) is 19.6 Å². The summed E-state index contributed by atoms with van der Waals surface area (Å²) in [6.07, 6.45) is 3.75. The number of nitrogens with zero attached hydrogens (tertiary/aromatic N) is 4. The topological polar surface area (TPSA) is 26.1 Å². The summed E-state index contributed by atoms with van der Waals surface area (Å²) in [4.78, 5) is 8.57. The molecule has 18 aromatic carbocycles. The predicted octanol–water partition coefficient (Wildman–Crippen LogP) is 31.4. The van der Waals surface area contributed by atoms with Crippen LogP contribution in [0.2, 0.25) is 0 Å². The number of fused-ring (bicyclic) bond motifs is 9. The molecule has 19 aromatic rings. The summed E-state index contributed by atoms with van der Waals surface area (Å²) in [5, 5.41) is 1.82. The van der Waals surface area contributed by atoms with Crippen molar-refractivity contribution in [1.82, 2.24) is 0 Å². The van der Waals surface area contributed by atoms with Crippen molar-refractivity contribution >= 4 is 102 Å². The fourth-order valence-corrected chi connectivity index (χ4v) is 18.9. The van der Waals surface area contributed by atoms with Gasteiger partial charge in [0.1, 0.15) is 34.4 Å². The Morgan fingerprint density at radius 3 is 0.740 bits per heavy atom. The standard InChI is InChI=1S/C114H76F4N4O/c1-3-75-23-35-83(36-24-75)113(81-15-7-5-8-16-81)107-21-13-11-19-101(107)103-67-63-97(71-109(103)113)119(93-55-39-85(115)40-56-93)89-47-27-77(28-48-89)79-31-51-91(52-32-79)121(95-59-43-87(117)44-60-95)99-65-69-105-106-70-66-100(74-112(106)123-111(105)73-99)122(96-61-45-88(118)46-62-96)92-53-33-80(34-54-92)78-29-49-90(50-30-78)120(94-57-41-86(116)42-58-94)98-64-68-104-102-20-12-14-22-108(102)114(110(104)72-98,82-17-9-6-10-18-82)84-37-25-76(4-2)26-38-84/h3-74H,1-2H2. The van der Waals surface area contributed by atoms with Crippen LogP contribution in [0.1, 0.15) is 55.6 Å². The molecule has 0 saturated carbocycles. The molecule has 0 radical (unpaired) electrons. The van der Waals surface area contributed by atoms with Crippen LogP contribution < -0.4 is 19.6 Å². The van der Waals surface area contributed by atoms with Gasteiger partial charge >= 0.3 is 0 Å². The molecule has 21 rings (SSSR count). The van der Waals surface area contributed by atoms with Crippen molar-refractivity contribution in [1.29, 1.82) is 0 Å². The molecule has 2 aliphatic rings. The van der Waals surface area contributed by atoms with Gasteiger partial charge in [0.15, 0.2) is 0 Å². The molecule has 123 heavy (non-hydrogen) atoms. The van der Waals surface area contributed by atoms with Crippen LogP contribution in [0, 0.1) is 23.3 Å². The minimum Gasteiger partial charge on any atom is -0.456 e. The Hall–Kier alpha value is -15.8. The summed E-state index contributed by atoms with van der Waals surface area (Å²) in [6, 6.07) is 142. The van der Waals surface area contributed by atoms with Gasteiger partial charge in [-0.2, -0.15) is 0 Å². The Labute approximate surface area is 711 Å². The van der Waals surface area contributed by atoms with E-state index in [-0.39, 0.29) is 23.3 Å². The molecule has 0 amide bonds.